The van der Waals surface area contributed by atoms with E-state index in [2.05, 4.69) is 12.6 Å². The monoisotopic (exact) mass is 382 g/mol. The van der Waals surface area contributed by atoms with Gasteiger partial charge in [-0.25, -0.2) is 0 Å². The van der Waals surface area contributed by atoms with Crippen LogP contribution in [0, 0.1) is 0 Å². The van der Waals surface area contributed by atoms with Crippen molar-refractivity contribution in [2.45, 2.75) is 4.90 Å². The first-order valence-electron chi connectivity index (χ1n) is 8.39. The van der Waals surface area contributed by atoms with Crippen LogP contribution in [-0.2, 0) is 0 Å². The maximum Gasteiger partial charge on any atom is 0.127 e. The van der Waals surface area contributed by atoms with Gasteiger partial charge in [0, 0.05) is 21.6 Å². The summed E-state index contributed by atoms with van der Waals surface area (Å²) in [7, 11) is 6.59. The second kappa shape index (κ2) is 8.27. The SMILES string of the molecule is COc1ccc(OC)c(-c2cc(OC)c(-c3ccc(S)cc3)cc2OC)c1. The summed E-state index contributed by atoms with van der Waals surface area (Å²) >= 11 is 4.35. The molecular weight excluding hydrogens is 360 g/mol. The van der Waals surface area contributed by atoms with Gasteiger partial charge in [-0.2, -0.15) is 0 Å². The topological polar surface area (TPSA) is 36.9 Å². The summed E-state index contributed by atoms with van der Waals surface area (Å²) < 4.78 is 22.3. The zero-order chi connectivity index (χ0) is 19.4. The Labute approximate surface area is 165 Å². The van der Waals surface area contributed by atoms with Gasteiger partial charge in [0.1, 0.15) is 23.0 Å². The smallest absolute Gasteiger partial charge is 0.127 e. The minimum absolute atomic E-state index is 0.715. The molecule has 0 unspecified atom stereocenters. The van der Waals surface area contributed by atoms with E-state index in [0.29, 0.717) is 5.75 Å². The van der Waals surface area contributed by atoms with Crippen LogP contribution >= 0.6 is 12.6 Å². The number of rotatable bonds is 6. The van der Waals surface area contributed by atoms with E-state index in [4.69, 9.17) is 18.9 Å². The van der Waals surface area contributed by atoms with Crippen molar-refractivity contribution in [1.29, 1.82) is 0 Å². The van der Waals surface area contributed by atoms with Crippen molar-refractivity contribution >= 4 is 12.6 Å². The van der Waals surface area contributed by atoms with Gasteiger partial charge in [-0.3, -0.25) is 0 Å². The molecule has 0 radical (unpaired) electrons. The Morgan fingerprint density at radius 2 is 1.11 bits per heavy atom. The normalized spacial score (nSPS) is 10.4. The van der Waals surface area contributed by atoms with Crippen molar-refractivity contribution in [3.05, 3.63) is 54.6 Å². The van der Waals surface area contributed by atoms with E-state index in [1.54, 1.807) is 28.4 Å². The van der Waals surface area contributed by atoms with Gasteiger partial charge in [-0.15, -0.1) is 12.6 Å². The molecule has 3 aromatic rings. The Morgan fingerprint density at radius 3 is 1.70 bits per heavy atom. The van der Waals surface area contributed by atoms with Gasteiger partial charge >= 0.3 is 0 Å². The standard InChI is InChI=1S/C22H22O4S/c1-23-15-7-10-20(24-2)18(11-15)19-13-21(25-3)17(12-22(19)26-4)14-5-8-16(27)9-6-14/h5-13,27H,1-4H3. The Morgan fingerprint density at radius 1 is 0.556 bits per heavy atom. The fourth-order valence-electron chi connectivity index (χ4n) is 3.00. The molecule has 27 heavy (non-hydrogen) atoms. The van der Waals surface area contributed by atoms with Crippen LogP contribution in [0.4, 0.5) is 0 Å². The van der Waals surface area contributed by atoms with Crippen LogP contribution in [0.15, 0.2) is 59.5 Å². The van der Waals surface area contributed by atoms with Crippen LogP contribution in [-0.4, -0.2) is 28.4 Å². The van der Waals surface area contributed by atoms with Crippen LogP contribution in [0.2, 0.25) is 0 Å². The van der Waals surface area contributed by atoms with Gasteiger partial charge in [0.15, 0.2) is 0 Å². The van der Waals surface area contributed by atoms with E-state index in [-0.39, 0.29) is 0 Å². The fraction of sp³-hybridized carbons (Fsp3) is 0.182. The highest BCUT2D eigenvalue weighted by Gasteiger charge is 2.17. The molecule has 0 bridgehead atoms. The van der Waals surface area contributed by atoms with Gasteiger partial charge in [0.2, 0.25) is 0 Å². The van der Waals surface area contributed by atoms with Crippen LogP contribution in [0.3, 0.4) is 0 Å². The molecule has 5 heteroatoms. The second-order valence-corrected chi connectivity index (χ2v) is 6.38. The summed E-state index contributed by atoms with van der Waals surface area (Å²) in [6, 6.07) is 17.5. The Kier molecular flexibility index (Phi) is 5.81. The Balaban J connectivity index is 2.22. The Bertz CT molecular complexity index is 936. The van der Waals surface area contributed by atoms with E-state index < -0.39 is 0 Å². The van der Waals surface area contributed by atoms with Crippen LogP contribution in [0.25, 0.3) is 22.3 Å². The predicted octanol–water partition coefficient (Wildman–Crippen LogP) is 5.34. The summed E-state index contributed by atoms with van der Waals surface area (Å²) in [5.41, 5.74) is 3.68. The highest BCUT2D eigenvalue weighted by atomic mass is 32.1. The van der Waals surface area contributed by atoms with E-state index in [0.717, 1.165) is 44.4 Å². The number of ether oxygens (including phenoxy) is 4. The lowest BCUT2D eigenvalue weighted by atomic mass is 9.97. The zero-order valence-electron chi connectivity index (χ0n) is 15.8. The summed E-state index contributed by atoms with van der Waals surface area (Å²) in [5, 5.41) is 0. The van der Waals surface area contributed by atoms with E-state index in [9.17, 15) is 0 Å². The molecule has 0 aliphatic rings. The lowest BCUT2D eigenvalue weighted by molar-refractivity contribution is 0.400. The highest BCUT2D eigenvalue weighted by molar-refractivity contribution is 7.80. The molecule has 0 fully saturated rings. The van der Waals surface area contributed by atoms with Gasteiger partial charge in [0.25, 0.3) is 0 Å². The van der Waals surface area contributed by atoms with Crippen LogP contribution < -0.4 is 18.9 Å². The second-order valence-electron chi connectivity index (χ2n) is 5.87. The maximum atomic E-state index is 5.69. The first-order chi connectivity index (χ1) is 13.1. The van der Waals surface area contributed by atoms with Crippen molar-refractivity contribution in [3.8, 4) is 45.3 Å². The first-order valence-corrected chi connectivity index (χ1v) is 8.83. The molecule has 0 spiro atoms. The summed E-state index contributed by atoms with van der Waals surface area (Å²) in [6.07, 6.45) is 0. The van der Waals surface area contributed by atoms with Crippen molar-refractivity contribution in [2.24, 2.45) is 0 Å². The fourth-order valence-corrected chi connectivity index (χ4v) is 3.15. The minimum Gasteiger partial charge on any atom is -0.497 e. The van der Waals surface area contributed by atoms with E-state index in [1.165, 1.54) is 0 Å². The molecule has 0 saturated carbocycles. The third-order valence-corrected chi connectivity index (χ3v) is 4.69. The molecule has 0 aliphatic carbocycles. The number of hydrogen-bond donors (Lipinski definition) is 1. The van der Waals surface area contributed by atoms with Gasteiger partial charge in [-0.1, -0.05) is 12.1 Å². The van der Waals surface area contributed by atoms with E-state index in [1.807, 2.05) is 54.6 Å². The summed E-state index contributed by atoms with van der Waals surface area (Å²) in [6.45, 7) is 0. The zero-order valence-corrected chi connectivity index (χ0v) is 16.7. The summed E-state index contributed by atoms with van der Waals surface area (Å²) in [4.78, 5) is 0.905. The molecule has 3 rings (SSSR count). The molecular formula is C22H22O4S. The molecule has 0 heterocycles. The lowest BCUT2D eigenvalue weighted by Crippen LogP contribution is -1.96. The number of methoxy groups -OCH3 is 4. The van der Waals surface area contributed by atoms with Crippen molar-refractivity contribution in [3.63, 3.8) is 0 Å². The molecule has 0 amide bonds. The van der Waals surface area contributed by atoms with Gasteiger partial charge in [0.05, 0.1) is 28.4 Å². The molecule has 0 aromatic heterocycles. The van der Waals surface area contributed by atoms with Gasteiger partial charge in [-0.05, 0) is 48.0 Å². The number of benzene rings is 3. The molecule has 0 atom stereocenters. The third kappa shape index (κ3) is 3.83. The summed E-state index contributed by atoms with van der Waals surface area (Å²) in [5.74, 6) is 2.92. The Hall–Kier alpha value is -2.79. The highest BCUT2D eigenvalue weighted by Crippen LogP contribution is 2.44. The molecule has 140 valence electrons. The van der Waals surface area contributed by atoms with Crippen molar-refractivity contribution < 1.29 is 18.9 Å². The van der Waals surface area contributed by atoms with Gasteiger partial charge < -0.3 is 18.9 Å². The van der Waals surface area contributed by atoms with Crippen LogP contribution in [0.1, 0.15) is 0 Å². The third-order valence-electron chi connectivity index (χ3n) is 4.40. The average Bonchev–Trinajstić information content (AvgIpc) is 2.72. The maximum absolute atomic E-state index is 5.69. The lowest BCUT2D eigenvalue weighted by Gasteiger charge is -2.17. The minimum atomic E-state index is 0.715. The predicted molar refractivity (Wildman–Crippen MR) is 111 cm³/mol. The largest absolute Gasteiger partial charge is 0.497 e. The molecule has 0 aliphatic heterocycles. The quantitative estimate of drug-likeness (QED) is 0.584. The van der Waals surface area contributed by atoms with Crippen molar-refractivity contribution in [2.75, 3.05) is 28.4 Å². The molecule has 0 N–H and O–H groups in total. The molecule has 3 aromatic carbocycles. The van der Waals surface area contributed by atoms with Crippen molar-refractivity contribution in [1.82, 2.24) is 0 Å². The average molecular weight is 382 g/mol. The molecule has 4 nitrogen and oxygen atoms in total. The van der Waals surface area contributed by atoms with E-state index >= 15 is 0 Å². The number of thiol groups is 1. The van der Waals surface area contributed by atoms with Crippen LogP contribution in [0.5, 0.6) is 23.0 Å². The molecule has 0 saturated heterocycles. The number of hydrogen-bond acceptors (Lipinski definition) is 5. The first kappa shape index (κ1) is 19.0.